The van der Waals surface area contributed by atoms with Crippen LogP contribution in [0.15, 0.2) is 101 Å². The molecule has 3 aromatic carbocycles. The quantitative estimate of drug-likeness (QED) is 0.432. The van der Waals surface area contributed by atoms with E-state index in [0.29, 0.717) is 0 Å². The molecule has 0 bridgehead atoms. The van der Waals surface area contributed by atoms with Crippen LogP contribution >= 0.6 is 11.8 Å². The van der Waals surface area contributed by atoms with Crippen molar-refractivity contribution in [2.45, 2.75) is 16.7 Å². The number of hydrogen-bond donors (Lipinski definition) is 0. The summed E-state index contributed by atoms with van der Waals surface area (Å²) < 4.78 is 0. The highest BCUT2D eigenvalue weighted by Crippen LogP contribution is 2.35. The van der Waals surface area contributed by atoms with Crippen molar-refractivity contribution in [1.29, 1.82) is 0 Å². The molecule has 0 aliphatic rings. The van der Waals surface area contributed by atoms with Gasteiger partial charge in [0.1, 0.15) is 0 Å². The fourth-order valence-corrected chi connectivity index (χ4v) is 3.79. The van der Waals surface area contributed by atoms with Crippen LogP contribution in [0.2, 0.25) is 0 Å². The van der Waals surface area contributed by atoms with Crippen molar-refractivity contribution < 1.29 is 0 Å². The smallest absolute Gasteiger partial charge is 0.159 e. The second-order valence-electron chi connectivity index (χ2n) is 6.06. The zero-order valence-corrected chi connectivity index (χ0v) is 15.3. The van der Waals surface area contributed by atoms with E-state index in [1.165, 1.54) is 10.5 Å². The van der Waals surface area contributed by atoms with Gasteiger partial charge in [-0.05, 0) is 19.1 Å². The van der Waals surface area contributed by atoms with Gasteiger partial charge in [0.15, 0.2) is 5.82 Å². The minimum Gasteiger partial charge on any atom is -0.235 e. The molecule has 0 aliphatic heterocycles. The molecule has 0 N–H and O–H groups in total. The molecule has 1 aromatic heterocycles. The Labute approximate surface area is 158 Å². The lowest BCUT2D eigenvalue weighted by molar-refractivity contribution is 1.11. The largest absolute Gasteiger partial charge is 0.235 e. The molecule has 126 valence electrons. The first kappa shape index (κ1) is 16.6. The van der Waals surface area contributed by atoms with Gasteiger partial charge in [-0.15, -0.1) is 0 Å². The molecule has 2 nitrogen and oxygen atoms in total. The Morgan fingerprint density at radius 3 is 2.12 bits per heavy atom. The summed E-state index contributed by atoms with van der Waals surface area (Å²) in [6.07, 6.45) is 1.94. The van der Waals surface area contributed by atoms with Crippen molar-refractivity contribution in [2.75, 3.05) is 0 Å². The predicted octanol–water partition coefficient (Wildman–Crippen LogP) is 6.27. The molecule has 0 atom stereocenters. The van der Waals surface area contributed by atoms with Crippen LogP contribution < -0.4 is 0 Å². The Balaban J connectivity index is 1.80. The average Bonchev–Trinajstić information content (AvgIpc) is 2.70. The van der Waals surface area contributed by atoms with Crippen molar-refractivity contribution >= 4 is 11.8 Å². The fraction of sp³-hybridized carbons (Fsp3) is 0.0435. The number of hydrogen-bond acceptors (Lipinski definition) is 3. The summed E-state index contributed by atoms with van der Waals surface area (Å²) in [6.45, 7) is 2.11. The normalized spacial score (nSPS) is 10.7. The van der Waals surface area contributed by atoms with E-state index in [2.05, 4.69) is 48.3 Å². The van der Waals surface area contributed by atoms with E-state index in [9.17, 15) is 0 Å². The van der Waals surface area contributed by atoms with Gasteiger partial charge in [-0.1, -0.05) is 90.1 Å². The highest BCUT2D eigenvalue weighted by atomic mass is 32.2. The number of aromatic nitrogens is 2. The molecule has 0 radical (unpaired) electrons. The molecule has 4 rings (SSSR count). The maximum atomic E-state index is 4.90. The van der Waals surface area contributed by atoms with Crippen LogP contribution in [-0.2, 0) is 0 Å². The predicted molar refractivity (Wildman–Crippen MR) is 108 cm³/mol. The molecule has 3 heteroatoms. The fourth-order valence-electron chi connectivity index (χ4n) is 2.78. The van der Waals surface area contributed by atoms with E-state index >= 15 is 0 Å². The molecule has 1 heterocycles. The van der Waals surface area contributed by atoms with Crippen LogP contribution in [0.1, 0.15) is 5.56 Å². The van der Waals surface area contributed by atoms with Gasteiger partial charge in [-0.3, -0.25) is 0 Å². The highest BCUT2D eigenvalue weighted by Gasteiger charge is 2.12. The second-order valence-corrected chi connectivity index (χ2v) is 7.17. The van der Waals surface area contributed by atoms with Gasteiger partial charge in [-0.25, -0.2) is 9.97 Å². The second kappa shape index (κ2) is 7.54. The Hall–Kier alpha value is -2.91. The van der Waals surface area contributed by atoms with E-state index in [0.717, 1.165) is 27.5 Å². The van der Waals surface area contributed by atoms with Crippen LogP contribution in [0.5, 0.6) is 0 Å². The summed E-state index contributed by atoms with van der Waals surface area (Å²) in [5.41, 5.74) is 4.34. The monoisotopic (exact) mass is 354 g/mol. The van der Waals surface area contributed by atoms with Crippen molar-refractivity contribution in [2.24, 2.45) is 0 Å². The van der Waals surface area contributed by atoms with Crippen molar-refractivity contribution in [3.05, 3.63) is 96.7 Å². The van der Waals surface area contributed by atoms with Crippen LogP contribution in [-0.4, -0.2) is 9.97 Å². The summed E-state index contributed by atoms with van der Waals surface area (Å²) in [5.74, 6) is 0.748. The van der Waals surface area contributed by atoms with E-state index in [1.807, 2.05) is 54.7 Å². The molecule has 4 aromatic rings. The van der Waals surface area contributed by atoms with Gasteiger partial charge in [0.25, 0.3) is 0 Å². The molecular weight excluding hydrogens is 336 g/mol. The molecule has 0 aliphatic carbocycles. The number of benzene rings is 3. The Bertz CT molecular complexity index is 1010. The third-order valence-corrected chi connectivity index (χ3v) is 5.06. The van der Waals surface area contributed by atoms with E-state index in [-0.39, 0.29) is 0 Å². The Kier molecular flexibility index (Phi) is 4.80. The van der Waals surface area contributed by atoms with Gasteiger partial charge in [-0.2, -0.15) is 0 Å². The molecule has 0 amide bonds. The lowest BCUT2D eigenvalue weighted by Gasteiger charge is -2.11. The van der Waals surface area contributed by atoms with Gasteiger partial charge in [0.2, 0.25) is 0 Å². The molecule has 0 saturated carbocycles. The topological polar surface area (TPSA) is 25.8 Å². The first-order valence-electron chi connectivity index (χ1n) is 8.52. The first-order valence-corrected chi connectivity index (χ1v) is 9.34. The van der Waals surface area contributed by atoms with Crippen molar-refractivity contribution in [3.8, 4) is 22.6 Å². The third-order valence-electron chi connectivity index (χ3n) is 4.05. The lowest BCUT2D eigenvalue weighted by Crippen LogP contribution is -1.95. The third kappa shape index (κ3) is 3.68. The van der Waals surface area contributed by atoms with Crippen LogP contribution in [0.4, 0.5) is 0 Å². The van der Waals surface area contributed by atoms with Crippen LogP contribution in [0.25, 0.3) is 22.6 Å². The molecule has 0 saturated heterocycles. The van der Waals surface area contributed by atoms with Crippen molar-refractivity contribution in [1.82, 2.24) is 9.97 Å². The summed E-state index contributed by atoms with van der Waals surface area (Å²) in [5, 5.41) is 0. The maximum absolute atomic E-state index is 4.90. The standard InChI is InChI=1S/C23H18N2S/c1-17-9-8-14-20(15-17)26-21-16-24-23(19-12-6-3-7-13-19)25-22(21)18-10-4-2-5-11-18/h2-16H,1H3. The van der Waals surface area contributed by atoms with Crippen LogP contribution in [0.3, 0.4) is 0 Å². The summed E-state index contributed by atoms with van der Waals surface area (Å²) in [4.78, 5) is 11.8. The van der Waals surface area contributed by atoms with Gasteiger partial charge in [0, 0.05) is 22.2 Å². The zero-order chi connectivity index (χ0) is 17.8. The molecule has 0 unspecified atom stereocenters. The molecule has 26 heavy (non-hydrogen) atoms. The highest BCUT2D eigenvalue weighted by molar-refractivity contribution is 7.99. The molecule has 0 spiro atoms. The molecule has 0 fully saturated rings. The molecular formula is C23H18N2S. The van der Waals surface area contributed by atoms with Gasteiger partial charge < -0.3 is 0 Å². The Morgan fingerprint density at radius 2 is 1.42 bits per heavy atom. The maximum Gasteiger partial charge on any atom is 0.159 e. The van der Waals surface area contributed by atoms with E-state index in [4.69, 9.17) is 4.98 Å². The average molecular weight is 354 g/mol. The number of rotatable bonds is 4. The van der Waals surface area contributed by atoms with Gasteiger partial charge >= 0.3 is 0 Å². The minimum atomic E-state index is 0.748. The van der Waals surface area contributed by atoms with Crippen molar-refractivity contribution in [3.63, 3.8) is 0 Å². The summed E-state index contributed by atoms with van der Waals surface area (Å²) >= 11 is 1.70. The lowest BCUT2D eigenvalue weighted by atomic mass is 10.1. The van der Waals surface area contributed by atoms with Gasteiger partial charge in [0.05, 0.1) is 10.6 Å². The minimum absolute atomic E-state index is 0.748. The Morgan fingerprint density at radius 1 is 0.731 bits per heavy atom. The number of nitrogens with zero attached hydrogens (tertiary/aromatic N) is 2. The van der Waals surface area contributed by atoms with E-state index in [1.54, 1.807) is 11.8 Å². The van der Waals surface area contributed by atoms with Crippen LogP contribution in [0, 0.1) is 6.92 Å². The summed E-state index contributed by atoms with van der Waals surface area (Å²) in [6, 6.07) is 28.9. The first-order chi connectivity index (χ1) is 12.8. The summed E-state index contributed by atoms with van der Waals surface area (Å²) in [7, 11) is 0. The van der Waals surface area contributed by atoms with E-state index < -0.39 is 0 Å². The number of aryl methyl sites for hydroxylation is 1. The zero-order valence-electron chi connectivity index (χ0n) is 14.5. The SMILES string of the molecule is Cc1cccc(Sc2cnc(-c3ccccc3)nc2-c2ccccc2)c1.